The summed E-state index contributed by atoms with van der Waals surface area (Å²) in [5.74, 6) is -12.5. The molecule has 4 rings (SSSR count). The third-order valence-electron chi connectivity index (χ3n) is 18.2. The number of aromatic nitrogens is 3. The van der Waals surface area contributed by atoms with Gasteiger partial charge in [-0.15, -0.1) is 0 Å². The van der Waals surface area contributed by atoms with Gasteiger partial charge in [-0.05, 0) is 131 Å². The Kier molecular flexibility index (Phi) is 39.3. The van der Waals surface area contributed by atoms with Crippen molar-refractivity contribution in [3.05, 3.63) is 90.1 Å². The van der Waals surface area contributed by atoms with Gasteiger partial charge in [0.1, 0.15) is 60.4 Å². The van der Waals surface area contributed by atoms with Gasteiger partial charge in [0, 0.05) is 54.7 Å². The van der Waals surface area contributed by atoms with Crippen LogP contribution in [-0.2, 0) is 81.6 Å². The Labute approximate surface area is 625 Å². The van der Waals surface area contributed by atoms with Gasteiger partial charge >= 0.3 is 5.97 Å². The maximum atomic E-state index is 14.8. The molecule has 2 aromatic carbocycles. The van der Waals surface area contributed by atoms with Crippen LogP contribution in [0.2, 0.25) is 0 Å². The number of H-pyrrole nitrogens is 2. The van der Waals surface area contributed by atoms with Gasteiger partial charge in [0.15, 0.2) is 0 Å². The van der Waals surface area contributed by atoms with Crippen LogP contribution in [0, 0.1) is 23.7 Å². The van der Waals surface area contributed by atoms with Crippen molar-refractivity contribution in [3.63, 3.8) is 0 Å². The lowest BCUT2D eigenvalue weighted by Gasteiger charge is -2.30. The third kappa shape index (κ3) is 31.6. The zero-order valence-electron chi connectivity index (χ0n) is 63.0. The number of fused-ring (bicyclic) bond motifs is 1. The summed E-state index contributed by atoms with van der Waals surface area (Å²) in [6.07, 6.45) is 6.98. The molecule has 592 valence electrons. The minimum absolute atomic E-state index is 0.0261. The molecule has 12 atom stereocenters. The molecule has 4 aromatic rings. The van der Waals surface area contributed by atoms with Gasteiger partial charge in [-0.2, -0.15) is 0 Å². The summed E-state index contributed by atoms with van der Waals surface area (Å²) in [6, 6.07) is 1.34. The molecule has 0 spiro atoms. The number of amides is 12. The summed E-state index contributed by atoms with van der Waals surface area (Å²) in [7, 11) is 0. The van der Waals surface area contributed by atoms with E-state index in [-0.39, 0.29) is 69.7 Å². The number of carboxylic acids is 1. The largest absolute Gasteiger partial charge is 0.480 e. The fourth-order valence-corrected chi connectivity index (χ4v) is 11.9. The van der Waals surface area contributed by atoms with Crippen molar-refractivity contribution in [3.8, 4) is 0 Å². The van der Waals surface area contributed by atoms with Gasteiger partial charge < -0.3 is 102 Å². The lowest BCUT2D eigenvalue weighted by atomic mass is 9.95. The van der Waals surface area contributed by atoms with Crippen molar-refractivity contribution >= 4 is 87.8 Å². The summed E-state index contributed by atoms with van der Waals surface area (Å²) in [4.78, 5) is 192. The molecule has 0 aliphatic heterocycles. The van der Waals surface area contributed by atoms with E-state index in [0.29, 0.717) is 81.3 Å². The van der Waals surface area contributed by atoms with E-state index in [1.807, 2.05) is 18.2 Å². The summed E-state index contributed by atoms with van der Waals surface area (Å²) in [6.45, 7) is 14.4. The molecule has 0 saturated carbocycles. The molecule has 24 N–H and O–H groups in total. The van der Waals surface area contributed by atoms with Crippen LogP contribution in [0.3, 0.4) is 0 Å². The molecule has 33 nitrogen and oxygen atoms in total. The van der Waals surface area contributed by atoms with E-state index in [1.165, 1.54) is 12.5 Å². The van der Waals surface area contributed by atoms with Gasteiger partial charge in [0.05, 0.1) is 18.9 Å². The monoisotopic (exact) mass is 1500 g/mol. The Hall–Kier alpha value is -9.86. The first-order valence-electron chi connectivity index (χ1n) is 37.1. The predicted octanol–water partition coefficient (Wildman–Crippen LogP) is -0.258. The zero-order chi connectivity index (χ0) is 79.3. The topological polar surface area (TPSA) is 549 Å². The molecule has 0 aliphatic carbocycles. The molecule has 0 fully saturated rings. The number of rotatable bonds is 51. The highest BCUT2D eigenvalue weighted by Gasteiger charge is 2.38. The Bertz CT molecular complexity index is 3520. The number of nitrogens with one attached hydrogen (secondary N) is 13. The number of unbranched alkanes of at least 4 members (excludes halogenated alkanes) is 3. The van der Waals surface area contributed by atoms with Crippen LogP contribution in [-0.4, -0.2) is 190 Å². The first-order valence-corrected chi connectivity index (χ1v) is 37.1. The molecule has 0 bridgehead atoms. The maximum absolute atomic E-state index is 14.8. The third-order valence-corrected chi connectivity index (χ3v) is 18.2. The molecule has 2 aromatic heterocycles. The van der Waals surface area contributed by atoms with Crippen molar-refractivity contribution < 1.29 is 67.4 Å². The quantitative estimate of drug-likeness (QED) is 0.0253. The number of hydrogen-bond acceptors (Lipinski definition) is 18. The van der Waals surface area contributed by atoms with Crippen LogP contribution >= 0.6 is 0 Å². The van der Waals surface area contributed by atoms with Gasteiger partial charge in [-0.3, -0.25) is 57.5 Å². The summed E-state index contributed by atoms with van der Waals surface area (Å²) < 4.78 is 0. The number of primary amides is 1. The molecular weight excluding hydrogens is 1380 g/mol. The zero-order valence-corrected chi connectivity index (χ0v) is 63.0. The number of carbonyl (C=O) groups is 13. The van der Waals surface area contributed by atoms with Crippen LogP contribution in [0.5, 0.6) is 0 Å². The van der Waals surface area contributed by atoms with Gasteiger partial charge in [-0.25, -0.2) is 9.78 Å². The van der Waals surface area contributed by atoms with Crippen molar-refractivity contribution in [2.45, 2.75) is 231 Å². The maximum Gasteiger partial charge on any atom is 0.326 e. The molecule has 33 heteroatoms. The number of aliphatic carboxylic acids is 1. The molecular formula is C74H117N19O14. The second-order valence-corrected chi connectivity index (χ2v) is 28.5. The summed E-state index contributed by atoms with van der Waals surface area (Å²) in [5.41, 5.74) is 31.1. The van der Waals surface area contributed by atoms with Crippen LogP contribution in [0.15, 0.2) is 73.3 Å². The minimum Gasteiger partial charge on any atom is -0.480 e. The molecule has 0 radical (unpaired) electrons. The number of hydrogen-bond donors (Lipinski definition) is 19. The van der Waals surface area contributed by atoms with E-state index < -0.39 is 168 Å². The average molecular weight is 1500 g/mol. The number of carbonyl (C=O) groups excluding carboxylic acids is 12. The summed E-state index contributed by atoms with van der Waals surface area (Å²) in [5, 5.41) is 40.4. The number of benzene rings is 2. The molecule has 2 heterocycles. The van der Waals surface area contributed by atoms with Crippen molar-refractivity contribution in [2.75, 3.05) is 26.2 Å². The van der Waals surface area contributed by atoms with Crippen molar-refractivity contribution in [2.24, 2.45) is 52.3 Å². The smallest absolute Gasteiger partial charge is 0.326 e. The van der Waals surface area contributed by atoms with E-state index in [1.54, 1.807) is 98.0 Å². The van der Waals surface area contributed by atoms with E-state index in [9.17, 15) is 67.4 Å². The molecule has 0 aliphatic rings. The van der Waals surface area contributed by atoms with Crippen LogP contribution in [0.25, 0.3) is 10.9 Å². The average Bonchev–Trinajstić information content (AvgIpc) is 1.75. The van der Waals surface area contributed by atoms with Crippen LogP contribution in [0.1, 0.15) is 162 Å². The Morgan fingerprint density at radius 1 is 0.477 bits per heavy atom. The normalized spacial score (nSPS) is 14.8. The highest BCUT2D eigenvalue weighted by Crippen LogP contribution is 2.21. The fourth-order valence-electron chi connectivity index (χ4n) is 11.9. The lowest BCUT2D eigenvalue weighted by Crippen LogP contribution is -2.61. The van der Waals surface area contributed by atoms with Crippen molar-refractivity contribution in [1.29, 1.82) is 0 Å². The number of aromatic amines is 2. The van der Waals surface area contributed by atoms with Crippen LogP contribution in [0.4, 0.5) is 0 Å². The van der Waals surface area contributed by atoms with E-state index >= 15 is 0 Å². The number of nitrogens with two attached hydrogens (primary N) is 5. The van der Waals surface area contributed by atoms with Crippen LogP contribution < -0.4 is 87.2 Å². The Morgan fingerprint density at radius 2 is 0.944 bits per heavy atom. The van der Waals surface area contributed by atoms with E-state index in [4.69, 9.17) is 28.7 Å². The highest BCUT2D eigenvalue weighted by molar-refractivity contribution is 6.00. The SMILES string of the molecule is CC[C@H](C)[C@H](NC(=O)[C@H](CC(C)C)NC(=O)[C@H](Cc1c[nH]c2ccccc12)NC(=O)CNC(=O)[C@H](NC(=O)[C@H](N)CCCCN)C(C)C)C(=O)N[C@@H](CCC(N)=O)C(=O)N[C@@H](CC(C)C)C(=O)N[C@@H](Cc1ccccc1)C(=O)N[C@@H](Cc1cnc[nH]1)C(=O)N[C@H](CCCCN)C(=O)N[C@H](CCCCN)C(=O)O. The van der Waals surface area contributed by atoms with E-state index in [0.717, 1.165) is 10.9 Å². The minimum atomic E-state index is -1.58. The standard InChI is InChI=1S/C74H117N19O14/c1-9-45(8)63(93-71(103)56(34-43(4)5)89-69(101)58(36-47-38-81-51-25-14-13-23-49(47)51)84-61(95)40-82-72(104)62(44(6)7)92-64(96)50(78)24-15-18-30-75)73(105)86-53(28-29-60(79)94)66(98)88-55(33-42(2)3)67(99)90-57(35-46-21-11-10-12-22-46)68(100)91-59(37-48-39-80-41-83-48)70(102)85-52(26-16-19-31-76)65(97)87-54(74(106)107)27-17-20-32-77/h10-14,21-23,25,38-39,41-45,50,52-59,62-63,81H,9,15-20,24,26-37,40,75-78H2,1-8H3,(H2,79,94)(H,80,83)(H,82,104)(H,84,95)(H,85,102)(H,86,105)(H,87,97)(H,88,98)(H,89,101)(H,90,99)(H,91,100)(H,92,96)(H,93,103)(H,106,107)/t45-,50+,52+,53-,54+,55-,56-,57-,58-,59-,62+,63-/m0/s1. The number of para-hydroxylation sites is 1. The highest BCUT2D eigenvalue weighted by atomic mass is 16.4. The molecule has 0 saturated heterocycles. The Morgan fingerprint density at radius 3 is 1.48 bits per heavy atom. The molecule has 0 unspecified atom stereocenters. The summed E-state index contributed by atoms with van der Waals surface area (Å²) >= 11 is 0. The number of carboxylic acid groups (broad SMARTS) is 1. The van der Waals surface area contributed by atoms with Crippen molar-refractivity contribution in [1.82, 2.24) is 73.4 Å². The lowest BCUT2D eigenvalue weighted by molar-refractivity contribution is -0.142. The first kappa shape index (κ1) is 89.5. The van der Waals surface area contributed by atoms with Gasteiger partial charge in [-0.1, -0.05) is 117 Å². The second-order valence-electron chi connectivity index (χ2n) is 28.5. The van der Waals surface area contributed by atoms with Gasteiger partial charge in [0.25, 0.3) is 0 Å². The number of imidazole rings is 1. The van der Waals surface area contributed by atoms with E-state index in [2.05, 4.69) is 73.4 Å². The van der Waals surface area contributed by atoms with Gasteiger partial charge in [0.2, 0.25) is 70.9 Å². The fraction of sp³-hybridized carbons (Fsp3) is 0.595. The second kappa shape index (κ2) is 47.0. The first-order chi connectivity index (χ1) is 50.9. The predicted molar refractivity (Wildman–Crippen MR) is 403 cm³/mol. The Balaban J connectivity index is 1.62. The molecule has 107 heavy (non-hydrogen) atoms. The number of nitrogens with zero attached hydrogens (tertiary/aromatic N) is 1. The molecule has 12 amide bonds.